The van der Waals surface area contributed by atoms with Gasteiger partial charge in [-0.3, -0.25) is 9.69 Å². The van der Waals surface area contributed by atoms with E-state index in [0.717, 1.165) is 17.3 Å². The van der Waals surface area contributed by atoms with Crippen LogP contribution < -0.4 is 4.90 Å². The third-order valence-electron chi connectivity index (χ3n) is 7.44. The Morgan fingerprint density at radius 3 is 2.25 bits per heavy atom. The van der Waals surface area contributed by atoms with E-state index in [2.05, 4.69) is 29.2 Å². The highest BCUT2D eigenvalue weighted by atomic mass is 19.4. The summed E-state index contributed by atoms with van der Waals surface area (Å²) in [4.78, 5) is 19.6. The van der Waals surface area contributed by atoms with Gasteiger partial charge in [0.25, 0.3) is 5.91 Å². The molecule has 1 aliphatic rings. The molecule has 0 radical (unpaired) electrons. The second-order valence-electron chi connectivity index (χ2n) is 11.4. The Kier molecular flexibility index (Phi) is 9.19. The molecule has 1 heterocycles. The van der Waals surface area contributed by atoms with E-state index in [1.54, 1.807) is 11.0 Å². The third kappa shape index (κ3) is 7.42. The van der Waals surface area contributed by atoms with Gasteiger partial charge in [-0.15, -0.1) is 0 Å². The summed E-state index contributed by atoms with van der Waals surface area (Å²) in [6.45, 7) is 6.82. The van der Waals surface area contributed by atoms with Crippen molar-refractivity contribution in [1.29, 1.82) is 0 Å². The van der Waals surface area contributed by atoms with Gasteiger partial charge in [0, 0.05) is 64.0 Å². The monoisotopic (exact) mass is 555 g/mol. The number of likely N-dealkylation sites (tertiary alicyclic amines) is 1. The summed E-state index contributed by atoms with van der Waals surface area (Å²) in [5, 5.41) is 0. The lowest BCUT2D eigenvalue weighted by atomic mass is 9.87. The molecule has 0 saturated carbocycles. The first kappa shape index (κ1) is 29.6. The lowest BCUT2D eigenvalue weighted by molar-refractivity contribution is -0.137. The van der Waals surface area contributed by atoms with Crippen LogP contribution in [0.25, 0.3) is 0 Å². The van der Waals surface area contributed by atoms with E-state index in [9.17, 15) is 22.4 Å². The molecule has 0 spiro atoms. The van der Waals surface area contributed by atoms with Crippen LogP contribution in [0.1, 0.15) is 46.8 Å². The largest absolute Gasteiger partial charge is 0.416 e. The minimum Gasteiger partial charge on any atom is -0.378 e. The highest BCUT2D eigenvalue weighted by Crippen LogP contribution is 2.37. The van der Waals surface area contributed by atoms with Crippen molar-refractivity contribution in [2.24, 2.45) is 11.8 Å². The second kappa shape index (κ2) is 12.4. The molecular weight excluding hydrogens is 518 g/mol. The van der Waals surface area contributed by atoms with Gasteiger partial charge in [-0.05, 0) is 65.4 Å². The maximum atomic E-state index is 13.6. The maximum absolute atomic E-state index is 13.6. The molecule has 0 N–H and O–H groups in total. The topological polar surface area (TPSA) is 26.8 Å². The SMILES string of the molecule is CC(C)CN(CC1CN(Cc2ccc(N(C)C)cc2)CC1c1cccc(C(F)(F)F)c1)C(=O)c1ccc(F)cc1. The van der Waals surface area contributed by atoms with Crippen LogP contribution >= 0.6 is 0 Å². The van der Waals surface area contributed by atoms with Crippen LogP contribution in [-0.2, 0) is 12.7 Å². The predicted octanol–water partition coefficient (Wildman–Crippen LogP) is 6.92. The molecule has 1 fully saturated rings. The molecule has 4 rings (SSSR count). The summed E-state index contributed by atoms with van der Waals surface area (Å²) in [6.07, 6.45) is -4.43. The molecule has 2 atom stereocenters. The molecule has 3 aromatic rings. The van der Waals surface area contributed by atoms with Gasteiger partial charge in [0.1, 0.15) is 5.82 Å². The van der Waals surface area contributed by atoms with Crippen molar-refractivity contribution in [2.45, 2.75) is 32.5 Å². The Hall–Kier alpha value is -3.39. The Balaban J connectivity index is 1.62. The lowest BCUT2D eigenvalue weighted by Crippen LogP contribution is -2.39. The maximum Gasteiger partial charge on any atom is 0.416 e. The first-order valence-electron chi connectivity index (χ1n) is 13.6. The van der Waals surface area contributed by atoms with Crippen molar-refractivity contribution in [3.05, 3.63) is 101 Å². The number of amides is 1. The predicted molar refractivity (Wildman–Crippen MR) is 151 cm³/mol. The van der Waals surface area contributed by atoms with Gasteiger partial charge >= 0.3 is 6.18 Å². The molecule has 0 bridgehead atoms. The molecule has 3 aromatic carbocycles. The summed E-state index contributed by atoms with van der Waals surface area (Å²) in [5.74, 6) is -0.688. The minimum atomic E-state index is -4.43. The Bertz CT molecular complexity index is 1270. The van der Waals surface area contributed by atoms with Crippen molar-refractivity contribution < 1.29 is 22.4 Å². The van der Waals surface area contributed by atoms with Crippen molar-refractivity contribution in [3.63, 3.8) is 0 Å². The average Bonchev–Trinajstić information content (AvgIpc) is 3.30. The van der Waals surface area contributed by atoms with Gasteiger partial charge in [0.2, 0.25) is 0 Å². The third-order valence-corrected chi connectivity index (χ3v) is 7.44. The molecular formula is C32H37F4N3O. The number of halogens is 4. The normalized spacial score (nSPS) is 17.8. The minimum absolute atomic E-state index is 0.0762. The molecule has 1 saturated heterocycles. The van der Waals surface area contributed by atoms with E-state index in [0.29, 0.717) is 43.9 Å². The molecule has 4 nitrogen and oxygen atoms in total. The Labute approximate surface area is 234 Å². The summed E-state index contributed by atoms with van der Waals surface area (Å²) in [5.41, 5.74) is 2.57. The number of anilines is 1. The smallest absolute Gasteiger partial charge is 0.378 e. The molecule has 1 aliphatic heterocycles. The number of hydrogen-bond donors (Lipinski definition) is 0. The van der Waals surface area contributed by atoms with Crippen LogP contribution in [0.3, 0.4) is 0 Å². The molecule has 2 unspecified atom stereocenters. The summed E-state index contributed by atoms with van der Waals surface area (Å²) in [6, 6.07) is 19.3. The number of alkyl halides is 3. The van der Waals surface area contributed by atoms with E-state index in [-0.39, 0.29) is 23.7 Å². The molecule has 214 valence electrons. The van der Waals surface area contributed by atoms with Gasteiger partial charge in [0.05, 0.1) is 5.56 Å². The number of rotatable bonds is 9. The highest BCUT2D eigenvalue weighted by molar-refractivity contribution is 5.94. The fourth-order valence-electron chi connectivity index (χ4n) is 5.49. The van der Waals surface area contributed by atoms with E-state index in [1.807, 2.05) is 32.8 Å². The van der Waals surface area contributed by atoms with Gasteiger partial charge in [-0.25, -0.2) is 4.39 Å². The van der Waals surface area contributed by atoms with Crippen molar-refractivity contribution in [3.8, 4) is 0 Å². The first-order valence-corrected chi connectivity index (χ1v) is 13.6. The quantitative estimate of drug-likeness (QED) is 0.268. The second-order valence-corrected chi connectivity index (χ2v) is 11.4. The Morgan fingerprint density at radius 2 is 1.65 bits per heavy atom. The van der Waals surface area contributed by atoms with Crippen molar-refractivity contribution in [2.75, 3.05) is 45.2 Å². The molecule has 8 heteroatoms. The zero-order chi connectivity index (χ0) is 29.0. The first-order chi connectivity index (χ1) is 18.9. The van der Waals surface area contributed by atoms with Crippen LogP contribution in [-0.4, -0.2) is 56.0 Å². The van der Waals surface area contributed by atoms with E-state index < -0.39 is 17.6 Å². The fourth-order valence-corrected chi connectivity index (χ4v) is 5.49. The van der Waals surface area contributed by atoms with Gasteiger partial charge < -0.3 is 9.80 Å². The molecule has 0 aromatic heterocycles. The van der Waals surface area contributed by atoms with E-state index in [1.165, 1.54) is 36.4 Å². The van der Waals surface area contributed by atoms with Gasteiger partial charge in [0.15, 0.2) is 0 Å². The lowest BCUT2D eigenvalue weighted by Gasteiger charge is -2.30. The standard InChI is InChI=1S/C32H37F4N3O/c1-22(2)17-39(31(40)24-10-12-28(33)13-11-24)20-26-19-38(18-23-8-14-29(15-9-23)37(3)4)21-30(26)25-6-5-7-27(16-25)32(34,35)36/h5-16,22,26,30H,17-21H2,1-4H3. The van der Waals surface area contributed by atoms with Crippen LogP contribution in [0.5, 0.6) is 0 Å². The number of benzene rings is 3. The van der Waals surface area contributed by atoms with Crippen molar-refractivity contribution >= 4 is 11.6 Å². The molecule has 40 heavy (non-hydrogen) atoms. The van der Waals surface area contributed by atoms with Crippen LogP contribution in [0.2, 0.25) is 0 Å². The number of hydrogen-bond acceptors (Lipinski definition) is 3. The average molecular weight is 556 g/mol. The number of carbonyl (C=O) groups is 1. The molecule has 1 amide bonds. The summed E-state index contributed by atoms with van der Waals surface area (Å²) < 4.78 is 54.3. The number of carbonyl (C=O) groups excluding carboxylic acids is 1. The van der Waals surface area contributed by atoms with Crippen LogP contribution in [0.4, 0.5) is 23.2 Å². The fraction of sp³-hybridized carbons (Fsp3) is 0.406. The zero-order valence-corrected chi connectivity index (χ0v) is 23.5. The van der Waals surface area contributed by atoms with E-state index in [4.69, 9.17) is 0 Å². The van der Waals surface area contributed by atoms with Gasteiger partial charge in [-0.2, -0.15) is 13.2 Å². The zero-order valence-electron chi connectivity index (χ0n) is 23.5. The Morgan fingerprint density at radius 1 is 0.975 bits per heavy atom. The molecule has 0 aliphatic carbocycles. The van der Waals surface area contributed by atoms with Crippen molar-refractivity contribution in [1.82, 2.24) is 9.80 Å². The summed E-state index contributed by atoms with van der Waals surface area (Å²) >= 11 is 0. The van der Waals surface area contributed by atoms with E-state index >= 15 is 0 Å². The summed E-state index contributed by atoms with van der Waals surface area (Å²) in [7, 11) is 3.96. The van der Waals surface area contributed by atoms with Gasteiger partial charge in [-0.1, -0.05) is 44.2 Å². The van der Waals surface area contributed by atoms with Crippen LogP contribution in [0, 0.1) is 17.7 Å². The van der Waals surface area contributed by atoms with Crippen LogP contribution in [0.15, 0.2) is 72.8 Å². The number of nitrogens with zero attached hydrogens (tertiary/aromatic N) is 3. The highest BCUT2D eigenvalue weighted by Gasteiger charge is 2.38.